The van der Waals surface area contributed by atoms with Gasteiger partial charge in [-0.2, -0.15) is 0 Å². The van der Waals surface area contributed by atoms with Gasteiger partial charge in [-0.1, -0.05) is 127 Å². The van der Waals surface area contributed by atoms with Gasteiger partial charge in [-0.15, -0.1) is 0 Å². The van der Waals surface area contributed by atoms with E-state index in [1.54, 1.807) is 0 Å². The Morgan fingerprint density at radius 2 is 0.667 bits per heavy atom. The van der Waals surface area contributed by atoms with E-state index < -0.39 is 11.2 Å². The van der Waals surface area contributed by atoms with Gasteiger partial charge < -0.3 is 10.2 Å². The van der Waals surface area contributed by atoms with Crippen molar-refractivity contribution in [3.05, 3.63) is 173 Å². The second kappa shape index (κ2) is 10.3. The SMILES string of the molecule is OC(Cc1cccc(CC(O)(c2ccccc2)c2ccccc2)n1)(c1ccccc1)c1ccccc1. The molecule has 0 aliphatic heterocycles. The summed E-state index contributed by atoms with van der Waals surface area (Å²) in [7, 11) is 0. The average Bonchev–Trinajstić information content (AvgIpc) is 2.95. The standard InChI is InChI=1S/C33H29NO2/c35-32(26-14-5-1-6-15-26,27-16-7-2-8-17-27)24-30-22-13-23-31(34-30)25-33(36,28-18-9-3-10-19-28)29-20-11-4-12-21-29/h1-23,35-36H,24-25H2. The first-order valence-electron chi connectivity index (χ1n) is 12.2. The van der Waals surface area contributed by atoms with E-state index in [1.165, 1.54) is 0 Å². The van der Waals surface area contributed by atoms with Crippen molar-refractivity contribution in [1.29, 1.82) is 0 Å². The molecule has 0 amide bonds. The van der Waals surface area contributed by atoms with Gasteiger partial charge in [0.05, 0.1) is 0 Å². The van der Waals surface area contributed by atoms with Gasteiger partial charge in [-0.3, -0.25) is 4.98 Å². The number of hydrogen-bond acceptors (Lipinski definition) is 3. The molecule has 2 N–H and O–H groups in total. The summed E-state index contributed by atoms with van der Waals surface area (Å²) in [6, 6.07) is 44.7. The van der Waals surface area contributed by atoms with Crippen molar-refractivity contribution in [3.63, 3.8) is 0 Å². The lowest BCUT2D eigenvalue weighted by molar-refractivity contribution is 0.0776. The van der Waals surface area contributed by atoms with E-state index in [2.05, 4.69) is 0 Å². The van der Waals surface area contributed by atoms with Gasteiger partial charge in [0, 0.05) is 24.2 Å². The van der Waals surface area contributed by atoms with Crippen LogP contribution >= 0.6 is 0 Å². The molecule has 0 atom stereocenters. The Bertz CT molecular complexity index is 1200. The molecular formula is C33H29NO2. The summed E-state index contributed by atoms with van der Waals surface area (Å²) in [5.74, 6) is 0. The molecule has 0 bridgehead atoms. The van der Waals surface area contributed by atoms with E-state index in [9.17, 15) is 10.2 Å². The van der Waals surface area contributed by atoms with E-state index in [1.807, 2.05) is 140 Å². The van der Waals surface area contributed by atoms with Crippen LogP contribution < -0.4 is 0 Å². The lowest BCUT2D eigenvalue weighted by Gasteiger charge is -2.31. The molecule has 0 fully saturated rings. The first kappa shape index (κ1) is 23.7. The minimum atomic E-state index is -1.23. The number of hydrogen-bond donors (Lipinski definition) is 2. The maximum Gasteiger partial charge on any atom is 0.120 e. The number of pyridine rings is 1. The maximum atomic E-state index is 12.0. The summed E-state index contributed by atoms with van der Waals surface area (Å²) in [6.45, 7) is 0. The molecule has 36 heavy (non-hydrogen) atoms. The van der Waals surface area contributed by atoms with Gasteiger partial charge in [0.25, 0.3) is 0 Å². The van der Waals surface area contributed by atoms with Crippen LogP contribution in [-0.4, -0.2) is 15.2 Å². The van der Waals surface area contributed by atoms with Crippen LogP contribution in [0.3, 0.4) is 0 Å². The van der Waals surface area contributed by atoms with Crippen molar-refractivity contribution in [2.45, 2.75) is 24.0 Å². The molecular weight excluding hydrogens is 442 g/mol. The van der Waals surface area contributed by atoms with Crippen LogP contribution in [0.2, 0.25) is 0 Å². The van der Waals surface area contributed by atoms with Gasteiger partial charge in [0.15, 0.2) is 0 Å². The molecule has 0 unspecified atom stereocenters. The number of nitrogens with zero attached hydrogens (tertiary/aromatic N) is 1. The van der Waals surface area contributed by atoms with Gasteiger partial charge >= 0.3 is 0 Å². The number of rotatable bonds is 8. The van der Waals surface area contributed by atoms with Crippen molar-refractivity contribution in [1.82, 2.24) is 4.98 Å². The quantitative estimate of drug-likeness (QED) is 0.290. The van der Waals surface area contributed by atoms with Crippen LogP contribution in [-0.2, 0) is 24.0 Å². The Morgan fingerprint density at radius 3 is 0.944 bits per heavy atom. The maximum absolute atomic E-state index is 12.0. The average molecular weight is 472 g/mol. The van der Waals surface area contributed by atoms with Crippen LogP contribution in [0.15, 0.2) is 140 Å². The highest BCUT2D eigenvalue weighted by Crippen LogP contribution is 2.35. The molecule has 3 nitrogen and oxygen atoms in total. The molecule has 5 aromatic rings. The Hall–Kier alpha value is -4.05. The fourth-order valence-corrected chi connectivity index (χ4v) is 4.85. The molecule has 0 aliphatic rings. The predicted octanol–water partition coefficient (Wildman–Crippen LogP) is 6.04. The van der Waals surface area contributed by atoms with Crippen molar-refractivity contribution < 1.29 is 10.2 Å². The molecule has 3 heteroatoms. The highest BCUT2D eigenvalue weighted by atomic mass is 16.3. The van der Waals surface area contributed by atoms with E-state index in [0.29, 0.717) is 12.8 Å². The van der Waals surface area contributed by atoms with Gasteiger partial charge in [-0.25, -0.2) is 0 Å². The van der Waals surface area contributed by atoms with E-state index in [-0.39, 0.29) is 0 Å². The van der Waals surface area contributed by atoms with Crippen molar-refractivity contribution >= 4 is 0 Å². The molecule has 0 spiro atoms. The van der Waals surface area contributed by atoms with E-state index in [4.69, 9.17) is 4.98 Å². The normalized spacial score (nSPS) is 11.8. The van der Waals surface area contributed by atoms with Crippen molar-refractivity contribution in [2.24, 2.45) is 0 Å². The Kier molecular flexibility index (Phi) is 6.77. The van der Waals surface area contributed by atoms with Gasteiger partial charge in [-0.05, 0) is 34.4 Å². The number of aliphatic hydroxyl groups is 2. The van der Waals surface area contributed by atoms with Gasteiger partial charge in [0.2, 0.25) is 0 Å². The molecule has 1 aromatic heterocycles. The summed E-state index contributed by atoms with van der Waals surface area (Å²) < 4.78 is 0. The first-order valence-corrected chi connectivity index (χ1v) is 12.2. The fourth-order valence-electron chi connectivity index (χ4n) is 4.85. The van der Waals surface area contributed by atoms with E-state index >= 15 is 0 Å². The monoisotopic (exact) mass is 471 g/mol. The fraction of sp³-hybridized carbons (Fsp3) is 0.121. The van der Waals surface area contributed by atoms with Crippen LogP contribution in [0.4, 0.5) is 0 Å². The Labute approximate surface area is 212 Å². The second-order valence-electron chi connectivity index (χ2n) is 9.16. The molecule has 5 rings (SSSR count). The predicted molar refractivity (Wildman–Crippen MR) is 143 cm³/mol. The molecule has 0 aliphatic carbocycles. The Balaban J connectivity index is 1.52. The van der Waals surface area contributed by atoms with E-state index in [0.717, 1.165) is 33.6 Å². The largest absolute Gasteiger partial charge is 0.380 e. The summed E-state index contributed by atoms with van der Waals surface area (Å²) in [6.07, 6.45) is 0.619. The third-order valence-corrected chi connectivity index (χ3v) is 6.74. The number of aromatic nitrogens is 1. The highest BCUT2D eigenvalue weighted by Gasteiger charge is 2.34. The third-order valence-electron chi connectivity index (χ3n) is 6.74. The zero-order chi connectivity index (χ0) is 24.8. The lowest BCUT2D eigenvalue weighted by Crippen LogP contribution is -2.32. The van der Waals surface area contributed by atoms with Crippen LogP contribution in [0.1, 0.15) is 33.6 Å². The number of benzene rings is 4. The summed E-state index contributed by atoms with van der Waals surface area (Å²) in [5, 5.41) is 24.0. The molecule has 0 saturated carbocycles. The first-order chi connectivity index (χ1) is 17.6. The topological polar surface area (TPSA) is 53.4 Å². The molecule has 4 aromatic carbocycles. The molecule has 0 saturated heterocycles. The lowest BCUT2D eigenvalue weighted by atomic mass is 9.81. The van der Waals surface area contributed by atoms with Gasteiger partial charge in [0.1, 0.15) is 11.2 Å². The summed E-state index contributed by atoms with van der Waals surface area (Å²) >= 11 is 0. The van der Waals surface area contributed by atoms with Crippen LogP contribution in [0.5, 0.6) is 0 Å². The molecule has 0 radical (unpaired) electrons. The summed E-state index contributed by atoms with van der Waals surface area (Å²) in [5.41, 5.74) is 2.30. The molecule has 178 valence electrons. The zero-order valence-electron chi connectivity index (χ0n) is 20.0. The zero-order valence-corrected chi connectivity index (χ0v) is 20.0. The summed E-state index contributed by atoms with van der Waals surface area (Å²) in [4.78, 5) is 4.92. The molecule has 1 heterocycles. The second-order valence-corrected chi connectivity index (χ2v) is 9.16. The van der Waals surface area contributed by atoms with Crippen molar-refractivity contribution in [2.75, 3.05) is 0 Å². The highest BCUT2D eigenvalue weighted by molar-refractivity contribution is 5.39. The third kappa shape index (κ3) is 4.85. The van der Waals surface area contributed by atoms with Crippen LogP contribution in [0.25, 0.3) is 0 Å². The minimum Gasteiger partial charge on any atom is -0.380 e. The van der Waals surface area contributed by atoms with Crippen molar-refractivity contribution in [3.8, 4) is 0 Å². The Morgan fingerprint density at radius 1 is 0.389 bits per heavy atom. The smallest absolute Gasteiger partial charge is 0.120 e. The van der Waals surface area contributed by atoms with Crippen LogP contribution in [0, 0.1) is 0 Å². The minimum absolute atomic E-state index is 0.309.